The van der Waals surface area contributed by atoms with Crippen LogP contribution in [0.3, 0.4) is 0 Å². The Hall–Kier alpha value is -3.14. The summed E-state index contributed by atoms with van der Waals surface area (Å²) in [5.74, 6) is -1.39. The van der Waals surface area contributed by atoms with Crippen LogP contribution in [-0.4, -0.2) is 24.2 Å². The minimum absolute atomic E-state index is 0.0814. The summed E-state index contributed by atoms with van der Waals surface area (Å²) in [5.41, 5.74) is -7.86. The average Bonchev–Trinajstić information content (AvgIpc) is 2.49. The maximum absolute atomic E-state index is 14.4. The third kappa shape index (κ3) is 4.00. The van der Waals surface area contributed by atoms with Crippen molar-refractivity contribution < 1.29 is 26.0 Å². The van der Waals surface area contributed by atoms with Gasteiger partial charge in [-0.3, -0.25) is 19.1 Å². The van der Waals surface area contributed by atoms with Gasteiger partial charge in [-0.2, -0.15) is 18.4 Å². The number of aromatic nitrogens is 2. The van der Waals surface area contributed by atoms with E-state index in [0.717, 1.165) is 7.05 Å². The van der Waals surface area contributed by atoms with Gasteiger partial charge in [0.05, 0.1) is 23.1 Å². The molecule has 2 rings (SSSR count). The molecule has 13 heteroatoms. The summed E-state index contributed by atoms with van der Waals surface area (Å²) in [4.78, 5) is 25.2. The number of nitriles is 1. The van der Waals surface area contributed by atoms with Crippen LogP contribution >= 0.6 is 0 Å². The molecular weight excluding hydrogens is 396 g/mol. The Kier molecular flexibility index (Phi) is 4.89. The summed E-state index contributed by atoms with van der Waals surface area (Å²) in [7, 11) is -3.25. The van der Waals surface area contributed by atoms with Crippen molar-refractivity contribution in [3.63, 3.8) is 0 Å². The summed E-state index contributed by atoms with van der Waals surface area (Å²) in [6.45, 7) is 0. The highest BCUT2D eigenvalue weighted by Gasteiger charge is 2.39. The summed E-state index contributed by atoms with van der Waals surface area (Å²) >= 11 is 0. The number of aromatic amines is 1. The second-order valence-corrected chi connectivity index (χ2v) is 7.15. The Morgan fingerprint density at radius 1 is 1.26 bits per heavy atom. The Morgan fingerprint density at radius 2 is 1.85 bits per heavy atom. The largest absolute Gasteiger partial charge is 0.432 e. The summed E-state index contributed by atoms with van der Waals surface area (Å²) in [6.07, 6.45) is -4.50. The first-order valence-electron chi connectivity index (χ1n) is 6.88. The number of hydrogen-bond acceptors (Lipinski definition) is 5. The number of halogens is 4. The van der Waals surface area contributed by atoms with Crippen molar-refractivity contribution >= 4 is 15.7 Å². The van der Waals surface area contributed by atoms with Crippen LogP contribution in [0.4, 0.5) is 23.2 Å². The molecule has 1 heterocycles. The molecule has 8 nitrogen and oxygen atoms in total. The first kappa shape index (κ1) is 20.2. The van der Waals surface area contributed by atoms with Gasteiger partial charge < -0.3 is 0 Å². The Morgan fingerprint density at radius 3 is 2.33 bits per heavy atom. The number of nitrogens with one attached hydrogen (secondary N) is 2. The highest BCUT2D eigenvalue weighted by atomic mass is 32.2. The third-order valence-electron chi connectivity index (χ3n) is 3.39. The fourth-order valence-corrected chi connectivity index (χ4v) is 2.91. The lowest BCUT2D eigenvalue weighted by Gasteiger charge is -2.17. The molecular formula is C14H10F4N4O4S. The Bertz CT molecular complexity index is 1190. The second-order valence-electron chi connectivity index (χ2n) is 5.40. The van der Waals surface area contributed by atoms with Gasteiger partial charge in [-0.05, 0) is 12.1 Å². The Balaban J connectivity index is 2.98. The van der Waals surface area contributed by atoms with Gasteiger partial charge in [-0.15, -0.1) is 0 Å². The lowest BCUT2D eigenvalue weighted by Crippen LogP contribution is -2.35. The molecule has 0 aliphatic heterocycles. The molecule has 2 aromatic rings. The average molecular weight is 406 g/mol. The van der Waals surface area contributed by atoms with Crippen molar-refractivity contribution in [2.45, 2.75) is 6.18 Å². The van der Waals surface area contributed by atoms with Gasteiger partial charge in [0.1, 0.15) is 17.6 Å². The molecule has 1 aromatic heterocycles. The van der Waals surface area contributed by atoms with Gasteiger partial charge in [0, 0.05) is 12.6 Å². The molecule has 0 radical (unpaired) electrons. The summed E-state index contributed by atoms with van der Waals surface area (Å²) in [5, 5.41) is 8.98. The second kappa shape index (κ2) is 6.54. The number of hydrogen-bond donors (Lipinski definition) is 2. The number of rotatable bonds is 3. The highest BCUT2D eigenvalue weighted by molar-refractivity contribution is 7.92. The zero-order chi connectivity index (χ0) is 20.7. The lowest BCUT2D eigenvalue weighted by molar-refractivity contribution is -0.143. The maximum atomic E-state index is 14.4. The zero-order valence-corrected chi connectivity index (χ0v) is 14.4. The standard InChI is InChI=1S/C14H10F4N4O4S/c1-22-11(14(16,17)18)10(12(23)20-13(22)24)7-4-9(21-27(2,25)26)6(5-19)3-8(7)15/h3-4,21H,1-2H3,(H,20,23,24). The number of H-pyrrole nitrogens is 1. The molecule has 0 unspecified atom stereocenters. The number of nitrogens with zero attached hydrogens (tertiary/aromatic N) is 2. The minimum Gasteiger partial charge on any atom is -0.292 e. The van der Waals surface area contributed by atoms with E-state index in [-0.39, 0.29) is 4.57 Å². The van der Waals surface area contributed by atoms with Crippen LogP contribution in [0.5, 0.6) is 0 Å². The van der Waals surface area contributed by atoms with Crippen molar-refractivity contribution in [1.29, 1.82) is 5.26 Å². The first-order valence-corrected chi connectivity index (χ1v) is 8.77. The normalized spacial score (nSPS) is 11.9. The molecule has 0 atom stereocenters. The molecule has 0 amide bonds. The zero-order valence-electron chi connectivity index (χ0n) is 13.6. The Labute approximate surface area is 148 Å². The molecule has 0 aliphatic rings. The predicted octanol–water partition coefficient (Wildman–Crippen LogP) is 1.14. The molecule has 0 spiro atoms. The van der Waals surface area contributed by atoms with Crippen LogP contribution in [-0.2, 0) is 23.2 Å². The van der Waals surface area contributed by atoms with E-state index in [2.05, 4.69) is 0 Å². The number of sulfonamides is 1. The molecule has 2 N–H and O–H groups in total. The van der Waals surface area contributed by atoms with Gasteiger partial charge in [0.25, 0.3) is 5.56 Å². The van der Waals surface area contributed by atoms with Gasteiger partial charge in [0.2, 0.25) is 10.0 Å². The van der Waals surface area contributed by atoms with Gasteiger partial charge >= 0.3 is 11.9 Å². The van der Waals surface area contributed by atoms with Crippen LogP contribution in [0.25, 0.3) is 11.1 Å². The molecule has 1 aromatic carbocycles. The monoisotopic (exact) mass is 406 g/mol. The number of anilines is 1. The minimum atomic E-state index is -5.21. The van der Waals surface area contributed by atoms with Gasteiger partial charge in [-0.1, -0.05) is 0 Å². The van der Waals surface area contributed by atoms with Crippen molar-refractivity contribution in [3.8, 4) is 17.2 Å². The molecule has 27 heavy (non-hydrogen) atoms. The summed E-state index contributed by atoms with van der Waals surface area (Å²) in [6, 6.07) is 2.55. The summed E-state index contributed by atoms with van der Waals surface area (Å²) < 4.78 is 79.3. The third-order valence-corrected chi connectivity index (χ3v) is 3.98. The van der Waals surface area contributed by atoms with E-state index < -0.39 is 61.3 Å². The smallest absolute Gasteiger partial charge is 0.292 e. The molecule has 0 bridgehead atoms. The van der Waals surface area contributed by atoms with E-state index in [0.29, 0.717) is 18.4 Å². The number of alkyl halides is 3. The molecule has 0 fully saturated rings. The van der Waals surface area contributed by atoms with Gasteiger partial charge in [-0.25, -0.2) is 17.6 Å². The van der Waals surface area contributed by atoms with Gasteiger partial charge in [0.15, 0.2) is 0 Å². The highest BCUT2D eigenvalue weighted by Crippen LogP contribution is 2.36. The predicted molar refractivity (Wildman–Crippen MR) is 85.9 cm³/mol. The molecule has 0 aliphatic carbocycles. The van der Waals surface area contributed by atoms with Crippen molar-refractivity contribution in [1.82, 2.24) is 9.55 Å². The van der Waals surface area contributed by atoms with Crippen molar-refractivity contribution in [2.75, 3.05) is 11.0 Å². The van der Waals surface area contributed by atoms with E-state index in [4.69, 9.17) is 5.26 Å². The van der Waals surface area contributed by atoms with E-state index in [1.807, 2.05) is 4.72 Å². The van der Waals surface area contributed by atoms with E-state index in [1.54, 1.807) is 4.98 Å². The molecule has 0 saturated heterocycles. The van der Waals surface area contributed by atoms with Crippen molar-refractivity contribution in [3.05, 3.63) is 50.0 Å². The van der Waals surface area contributed by atoms with Crippen molar-refractivity contribution in [2.24, 2.45) is 7.05 Å². The fourth-order valence-electron chi connectivity index (χ4n) is 2.34. The maximum Gasteiger partial charge on any atom is 0.432 e. The van der Waals surface area contributed by atoms with Crippen LogP contribution in [0, 0.1) is 17.1 Å². The van der Waals surface area contributed by atoms with E-state index >= 15 is 0 Å². The molecule has 0 saturated carbocycles. The lowest BCUT2D eigenvalue weighted by atomic mass is 10.0. The quantitative estimate of drug-likeness (QED) is 0.740. The van der Waals surface area contributed by atoms with E-state index in [9.17, 15) is 35.6 Å². The topological polar surface area (TPSA) is 125 Å². The van der Waals surface area contributed by atoms with E-state index in [1.165, 1.54) is 6.07 Å². The van der Waals surface area contributed by atoms with Crippen LogP contribution in [0.1, 0.15) is 11.3 Å². The molecule has 144 valence electrons. The first-order chi connectivity index (χ1) is 12.3. The van der Waals surface area contributed by atoms with Crippen LogP contribution in [0.15, 0.2) is 21.7 Å². The number of benzene rings is 1. The fraction of sp³-hybridized carbons (Fsp3) is 0.214. The van der Waals surface area contributed by atoms with Crippen LogP contribution < -0.4 is 16.0 Å². The van der Waals surface area contributed by atoms with Crippen LogP contribution in [0.2, 0.25) is 0 Å². The SMILES string of the molecule is Cn1c(C(F)(F)F)c(-c2cc(NS(C)(=O)=O)c(C#N)cc2F)c(=O)[nH]c1=O.